The highest BCUT2D eigenvalue weighted by Gasteiger charge is 2.05. The van der Waals surface area contributed by atoms with Crippen molar-refractivity contribution in [2.45, 2.75) is 13.8 Å². The van der Waals surface area contributed by atoms with Crippen molar-refractivity contribution in [3.8, 4) is 11.5 Å². The third kappa shape index (κ3) is 7.01. The number of furan rings is 1. The Morgan fingerprint density at radius 2 is 1.97 bits per heavy atom. The lowest BCUT2D eigenvalue weighted by Gasteiger charge is -2.08. The number of ether oxygens (including phenoxy) is 2. The van der Waals surface area contributed by atoms with Crippen LogP contribution in [0.4, 0.5) is 0 Å². The van der Waals surface area contributed by atoms with Gasteiger partial charge in [0.2, 0.25) is 0 Å². The molecule has 0 aliphatic carbocycles. The van der Waals surface area contributed by atoms with Gasteiger partial charge in [-0.1, -0.05) is 24.3 Å². The summed E-state index contributed by atoms with van der Waals surface area (Å²) in [6.45, 7) is 3.72. The number of nitrogens with one attached hydrogen (secondary N) is 1. The number of aryl methyl sites for hydroxylation is 2. The molecule has 0 bridgehead atoms. The maximum atomic E-state index is 12.0. The molecule has 7 nitrogen and oxygen atoms in total. The standard InChI is InChI=1S/C24H22N2O5/c1-17-8-9-18(2)22(13-17)30-16-23(27)26-25-15-19-5-3-6-21(14-19)31-24(28)11-10-20-7-4-12-29-20/h3-15H,16H2,1-2H3,(H,26,27)/b11-10+,25-15-. The van der Waals surface area contributed by atoms with E-state index in [1.54, 1.807) is 36.4 Å². The lowest BCUT2D eigenvalue weighted by Crippen LogP contribution is -2.24. The molecule has 1 N–H and O–H groups in total. The van der Waals surface area contributed by atoms with Crippen molar-refractivity contribution >= 4 is 24.2 Å². The van der Waals surface area contributed by atoms with E-state index < -0.39 is 5.97 Å². The molecule has 0 saturated heterocycles. The van der Waals surface area contributed by atoms with E-state index in [0.29, 0.717) is 22.8 Å². The van der Waals surface area contributed by atoms with Crippen LogP contribution >= 0.6 is 0 Å². The molecule has 1 aromatic heterocycles. The van der Waals surface area contributed by atoms with Gasteiger partial charge in [-0.25, -0.2) is 10.2 Å². The van der Waals surface area contributed by atoms with E-state index in [1.807, 2.05) is 32.0 Å². The molecule has 0 radical (unpaired) electrons. The number of hydrazone groups is 1. The highest BCUT2D eigenvalue weighted by Crippen LogP contribution is 2.18. The summed E-state index contributed by atoms with van der Waals surface area (Å²) < 4.78 is 15.9. The Hall–Kier alpha value is -4.13. The molecule has 31 heavy (non-hydrogen) atoms. The van der Waals surface area contributed by atoms with Crippen LogP contribution in [0, 0.1) is 13.8 Å². The van der Waals surface area contributed by atoms with Gasteiger partial charge in [-0.15, -0.1) is 0 Å². The molecule has 158 valence electrons. The average molecular weight is 418 g/mol. The summed E-state index contributed by atoms with van der Waals surface area (Å²) in [5, 5.41) is 3.91. The Morgan fingerprint density at radius 3 is 2.77 bits per heavy atom. The van der Waals surface area contributed by atoms with Gasteiger partial charge in [-0.05, 0) is 66.9 Å². The van der Waals surface area contributed by atoms with Crippen LogP contribution in [0.15, 0.2) is 76.5 Å². The molecule has 0 aliphatic rings. The molecule has 0 atom stereocenters. The van der Waals surface area contributed by atoms with E-state index in [0.717, 1.165) is 11.1 Å². The predicted molar refractivity (Wildman–Crippen MR) is 117 cm³/mol. The molecular formula is C24H22N2O5. The maximum Gasteiger partial charge on any atom is 0.336 e. The summed E-state index contributed by atoms with van der Waals surface area (Å²) in [7, 11) is 0. The highest BCUT2D eigenvalue weighted by atomic mass is 16.5. The van der Waals surface area contributed by atoms with Crippen molar-refractivity contribution in [3.05, 3.63) is 89.4 Å². The molecule has 0 saturated carbocycles. The van der Waals surface area contributed by atoms with Crippen molar-refractivity contribution in [1.82, 2.24) is 5.43 Å². The van der Waals surface area contributed by atoms with Crippen molar-refractivity contribution in [3.63, 3.8) is 0 Å². The van der Waals surface area contributed by atoms with Crippen LogP contribution in [-0.4, -0.2) is 24.7 Å². The second-order valence-electron chi connectivity index (χ2n) is 6.69. The first-order valence-electron chi connectivity index (χ1n) is 9.55. The number of esters is 1. The first kappa shape index (κ1) is 21.6. The molecule has 0 unspecified atom stereocenters. The van der Waals surface area contributed by atoms with Gasteiger partial charge in [0, 0.05) is 6.08 Å². The van der Waals surface area contributed by atoms with Gasteiger partial charge in [-0.2, -0.15) is 5.10 Å². The van der Waals surface area contributed by atoms with Crippen molar-refractivity contribution in [1.29, 1.82) is 0 Å². The molecule has 0 aliphatic heterocycles. The summed E-state index contributed by atoms with van der Waals surface area (Å²) in [6, 6.07) is 16.0. The van der Waals surface area contributed by atoms with Gasteiger partial charge in [0.25, 0.3) is 5.91 Å². The largest absolute Gasteiger partial charge is 0.483 e. The summed E-state index contributed by atoms with van der Waals surface area (Å²) in [4.78, 5) is 23.9. The van der Waals surface area contributed by atoms with E-state index in [9.17, 15) is 9.59 Å². The number of amides is 1. The van der Waals surface area contributed by atoms with Gasteiger partial charge in [-0.3, -0.25) is 4.79 Å². The zero-order chi connectivity index (χ0) is 22.1. The fourth-order valence-corrected chi connectivity index (χ4v) is 2.56. The number of hydrogen-bond acceptors (Lipinski definition) is 6. The fourth-order valence-electron chi connectivity index (χ4n) is 2.56. The van der Waals surface area contributed by atoms with E-state index in [4.69, 9.17) is 13.9 Å². The Bertz CT molecular complexity index is 1100. The van der Waals surface area contributed by atoms with Crippen LogP contribution in [0.1, 0.15) is 22.5 Å². The van der Waals surface area contributed by atoms with E-state index >= 15 is 0 Å². The Labute approximate surface area is 180 Å². The number of carbonyl (C=O) groups excluding carboxylic acids is 2. The second kappa shape index (κ2) is 10.6. The number of carbonyl (C=O) groups is 2. The molecule has 2 aromatic carbocycles. The number of nitrogens with zero attached hydrogens (tertiary/aromatic N) is 1. The van der Waals surface area contributed by atoms with Crippen LogP contribution < -0.4 is 14.9 Å². The van der Waals surface area contributed by atoms with Crippen LogP contribution in [0.5, 0.6) is 11.5 Å². The van der Waals surface area contributed by atoms with Gasteiger partial charge in [0.1, 0.15) is 17.3 Å². The first-order chi connectivity index (χ1) is 15.0. The van der Waals surface area contributed by atoms with E-state index in [1.165, 1.54) is 24.6 Å². The van der Waals surface area contributed by atoms with Crippen LogP contribution in [0.2, 0.25) is 0 Å². The molecule has 3 aromatic rings. The van der Waals surface area contributed by atoms with Crippen LogP contribution in [-0.2, 0) is 9.59 Å². The smallest absolute Gasteiger partial charge is 0.336 e. The zero-order valence-corrected chi connectivity index (χ0v) is 17.2. The molecule has 3 rings (SSSR count). The topological polar surface area (TPSA) is 90.1 Å². The second-order valence-corrected chi connectivity index (χ2v) is 6.69. The normalized spacial score (nSPS) is 11.0. The minimum absolute atomic E-state index is 0.151. The van der Waals surface area contributed by atoms with Gasteiger partial charge < -0.3 is 13.9 Å². The molecule has 1 heterocycles. The van der Waals surface area contributed by atoms with Gasteiger partial charge >= 0.3 is 5.97 Å². The predicted octanol–water partition coefficient (Wildman–Crippen LogP) is 4.04. The summed E-state index contributed by atoms with van der Waals surface area (Å²) >= 11 is 0. The minimum Gasteiger partial charge on any atom is -0.483 e. The summed E-state index contributed by atoms with van der Waals surface area (Å²) in [6.07, 6.45) is 5.76. The molecular weight excluding hydrogens is 396 g/mol. The van der Waals surface area contributed by atoms with E-state index in [2.05, 4.69) is 10.5 Å². The van der Waals surface area contributed by atoms with E-state index in [-0.39, 0.29) is 12.5 Å². The Morgan fingerprint density at radius 1 is 1.10 bits per heavy atom. The first-order valence-corrected chi connectivity index (χ1v) is 9.55. The zero-order valence-electron chi connectivity index (χ0n) is 17.2. The lowest BCUT2D eigenvalue weighted by molar-refractivity contribution is -0.129. The summed E-state index contributed by atoms with van der Waals surface area (Å²) in [5.41, 5.74) is 5.06. The molecule has 7 heteroatoms. The van der Waals surface area contributed by atoms with Crippen LogP contribution in [0.25, 0.3) is 6.08 Å². The van der Waals surface area contributed by atoms with Crippen molar-refractivity contribution in [2.24, 2.45) is 5.10 Å². The Kier molecular flexibility index (Phi) is 7.37. The number of hydrogen-bond donors (Lipinski definition) is 1. The quantitative estimate of drug-likeness (QED) is 0.196. The van der Waals surface area contributed by atoms with Crippen LogP contribution in [0.3, 0.4) is 0 Å². The van der Waals surface area contributed by atoms with Crippen molar-refractivity contribution in [2.75, 3.05) is 6.61 Å². The van der Waals surface area contributed by atoms with Crippen molar-refractivity contribution < 1.29 is 23.5 Å². The van der Waals surface area contributed by atoms with Gasteiger partial charge in [0.15, 0.2) is 6.61 Å². The number of rotatable bonds is 8. The third-order valence-corrected chi connectivity index (χ3v) is 4.11. The monoisotopic (exact) mass is 418 g/mol. The molecule has 0 spiro atoms. The fraction of sp³-hybridized carbons (Fsp3) is 0.125. The summed E-state index contributed by atoms with van der Waals surface area (Å²) in [5.74, 6) is 0.637. The van der Waals surface area contributed by atoms with Gasteiger partial charge in [0.05, 0.1) is 12.5 Å². The molecule has 0 fully saturated rings. The third-order valence-electron chi connectivity index (χ3n) is 4.11. The molecule has 1 amide bonds. The lowest BCUT2D eigenvalue weighted by atomic mass is 10.1. The number of benzene rings is 2. The minimum atomic E-state index is -0.539. The maximum absolute atomic E-state index is 12.0. The SMILES string of the molecule is Cc1ccc(C)c(OCC(=O)N/N=C\c2cccc(OC(=O)/C=C/c3ccco3)c2)c1. The Balaban J connectivity index is 1.48. The highest BCUT2D eigenvalue weighted by molar-refractivity contribution is 5.89. The average Bonchev–Trinajstić information content (AvgIpc) is 3.27.